The number of rotatable bonds is 4. The quantitative estimate of drug-likeness (QED) is 0.699. The minimum absolute atomic E-state index is 0.0401. The van der Waals surface area contributed by atoms with Crippen LogP contribution in [0.2, 0.25) is 0 Å². The Morgan fingerprint density at radius 1 is 1.07 bits per heavy atom. The van der Waals surface area contributed by atoms with Gasteiger partial charge >= 0.3 is 6.18 Å². The highest BCUT2D eigenvalue weighted by Gasteiger charge is 2.37. The summed E-state index contributed by atoms with van der Waals surface area (Å²) in [5.74, 6) is -0.991. The van der Waals surface area contributed by atoms with Crippen LogP contribution in [-0.4, -0.2) is 25.6 Å². The van der Waals surface area contributed by atoms with Crippen LogP contribution in [0.3, 0.4) is 0 Å². The first kappa shape index (κ1) is 18.7. The average molecular weight is 389 g/mol. The second-order valence-corrected chi connectivity index (χ2v) is 8.30. The molecule has 0 radical (unpaired) electrons. The second kappa shape index (κ2) is 6.46. The number of hydrogen-bond donors (Lipinski definition) is 1. The Kier molecular flexibility index (Phi) is 4.32. The summed E-state index contributed by atoms with van der Waals surface area (Å²) in [4.78, 5) is 11.7. The molecule has 5 nitrogen and oxygen atoms in total. The largest absolute Gasteiger partial charge is 0.451 e. The summed E-state index contributed by atoms with van der Waals surface area (Å²) in [7, 11) is 0. The summed E-state index contributed by atoms with van der Waals surface area (Å²) in [5.41, 5.74) is 2.76. The van der Waals surface area contributed by atoms with E-state index in [0.29, 0.717) is 12.1 Å². The molecule has 0 spiro atoms. The molecule has 8 heteroatoms. The van der Waals surface area contributed by atoms with Crippen LogP contribution in [0.4, 0.5) is 19.0 Å². The van der Waals surface area contributed by atoms with Crippen LogP contribution in [0, 0.1) is 0 Å². The molecule has 0 unspecified atom stereocenters. The van der Waals surface area contributed by atoms with Crippen LogP contribution < -0.4 is 5.32 Å². The summed E-state index contributed by atoms with van der Waals surface area (Å²) in [6, 6.07) is 8.23. The van der Waals surface area contributed by atoms with Gasteiger partial charge in [-0.1, -0.05) is 45.0 Å². The molecule has 0 bridgehead atoms. The van der Waals surface area contributed by atoms with Gasteiger partial charge in [0, 0.05) is 6.04 Å². The van der Waals surface area contributed by atoms with E-state index >= 15 is 0 Å². The van der Waals surface area contributed by atoms with Gasteiger partial charge < -0.3 is 9.88 Å². The molecule has 4 rings (SSSR count). The van der Waals surface area contributed by atoms with E-state index in [1.807, 2.05) is 24.3 Å². The van der Waals surface area contributed by atoms with Crippen molar-refractivity contribution >= 4 is 17.0 Å². The average Bonchev–Trinajstić information content (AvgIpc) is 3.33. The molecule has 2 aromatic heterocycles. The van der Waals surface area contributed by atoms with Gasteiger partial charge in [0.2, 0.25) is 5.82 Å². The van der Waals surface area contributed by atoms with Crippen LogP contribution in [0.15, 0.2) is 30.6 Å². The van der Waals surface area contributed by atoms with Gasteiger partial charge in [0.15, 0.2) is 11.5 Å². The van der Waals surface area contributed by atoms with Crippen molar-refractivity contribution in [1.29, 1.82) is 0 Å². The van der Waals surface area contributed by atoms with Crippen LogP contribution in [0.25, 0.3) is 11.2 Å². The van der Waals surface area contributed by atoms with Crippen molar-refractivity contribution in [3.8, 4) is 0 Å². The number of aromatic nitrogens is 4. The number of halogens is 3. The van der Waals surface area contributed by atoms with Gasteiger partial charge in [0.05, 0.1) is 12.9 Å². The number of alkyl halides is 3. The van der Waals surface area contributed by atoms with E-state index in [0.717, 1.165) is 18.4 Å². The molecule has 1 aliphatic carbocycles. The van der Waals surface area contributed by atoms with E-state index in [9.17, 15) is 13.2 Å². The van der Waals surface area contributed by atoms with Gasteiger partial charge in [-0.15, -0.1) is 0 Å². The Morgan fingerprint density at radius 2 is 1.75 bits per heavy atom. The highest BCUT2D eigenvalue weighted by atomic mass is 19.4. The third-order valence-electron chi connectivity index (χ3n) is 4.81. The van der Waals surface area contributed by atoms with E-state index < -0.39 is 12.0 Å². The Balaban J connectivity index is 1.71. The number of hydrogen-bond acceptors (Lipinski definition) is 4. The van der Waals surface area contributed by atoms with E-state index in [-0.39, 0.29) is 22.9 Å². The van der Waals surface area contributed by atoms with Gasteiger partial charge in [-0.3, -0.25) is 0 Å². The summed E-state index contributed by atoms with van der Waals surface area (Å²) in [6.45, 7) is 6.79. The minimum atomic E-state index is -4.61. The second-order valence-electron chi connectivity index (χ2n) is 8.30. The molecule has 1 aromatic carbocycles. The van der Waals surface area contributed by atoms with Gasteiger partial charge in [-0.25, -0.2) is 15.0 Å². The minimum Gasteiger partial charge on any atom is -0.365 e. The highest BCUT2D eigenvalue weighted by molar-refractivity contribution is 5.83. The lowest BCUT2D eigenvalue weighted by molar-refractivity contribution is -0.144. The smallest absolute Gasteiger partial charge is 0.365 e. The fraction of sp³-hybridized carbons (Fsp3) is 0.450. The van der Waals surface area contributed by atoms with Crippen molar-refractivity contribution in [3.63, 3.8) is 0 Å². The number of anilines is 1. The maximum Gasteiger partial charge on any atom is 0.451 e. The third-order valence-corrected chi connectivity index (χ3v) is 4.81. The van der Waals surface area contributed by atoms with Crippen LogP contribution >= 0.6 is 0 Å². The zero-order chi connectivity index (χ0) is 20.1. The van der Waals surface area contributed by atoms with Crippen LogP contribution in [-0.2, 0) is 18.1 Å². The molecule has 2 heterocycles. The maximum absolute atomic E-state index is 13.3. The van der Waals surface area contributed by atoms with Crippen molar-refractivity contribution in [2.75, 3.05) is 5.32 Å². The lowest BCUT2D eigenvalue weighted by atomic mass is 9.87. The third kappa shape index (κ3) is 3.81. The number of nitrogens with zero attached hydrogens (tertiary/aromatic N) is 4. The molecule has 0 saturated heterocycles. The zero-order valence-electron chi connectivity index (χ0n) is 16.0. The highest BCUT2D eigenvalue weighted by Crippen LogP contribution is 2.32. The Morgan fingerprint density at radius 3 is 2.32 bits per heavy atom. The first-order valence-corrected chi connectivity index (χ1v) is 9.27. The van der Waals surface area contributed by atoms with Crippen molar-refractivity contribution in [2.24, 2.45) is 0 Å². The Labute approximate surface area is 161 Å². The van der Waals surface area contributed by atoms with Crippen molar-refractivity contribution in [1.82, 2.24) is 19.5 Å². The normalized spacial score (nSPS) is 15.2. The first-order valence-electron chi connectivity index (χ1n) is 9.27. The first-order chi connectivity index (χ1) is 13.1. The summed E-state index contributed by atoms with van der Waals surface area (Å²) >= 11 is 0. The molecule has 0 aliphatic heterocycles. The van der Waals surface area contributed by atoms with Gasteiger partial charge in [-0.05, 0) is 29.4 Å². The topological polar surface area (TPSA) is 55.6 Å². The molecule has 28 heavy (non-hydrogen) atoms. The SMILES string of the molecule is CC(C)(C)c1ccc(Cn2cnc3c(NC4CC4)nc(C(F)(F)F)nc32)cc1. The Hall–Kier alpha value is -2.64. The molecular formula is C20H22F3N5. The summed E-state index contributed by atoms with van der Waals surface area (Å²) in [5, 5.41) is 3.05. The van der Waals surface area contributed by atoms with Crippen LogP contribution in [0.1, 0.15) is 50.6 Å². The number of imidazole rings is 1. The van der Waals surface area contributed by atoms with Gasteiger partial charge in [-0.2, -0.15) is 13.2 Å². The standard InChI is InChI=1S/C20H22F3N5/c1-19(2,3)13-6-4-12(5-7-13)10-28-11-24-15-16(25-14-8-9-14)26-18(20(21,22)23)27-17(15)28/h4-7,11,14H,8-10H2,1-3H3,(H,25,26,27). The Bertz CT molecular complexity index is 996. The van der Waals surface area contributed by atoms with Crippen molar-refractivity contribution in [3.05, 3.63) is 47.5 Å². The zero-order valence-corrected chi connectivity index (χ0v) is 16.0. The van der Waals surface area contributed by atoms with E-state index in [1.54, 1.807) is 4.57 Å². The molecular weight excluding hydrogens is 367 g/mol. The van der Waals surface area contributed by atoms with Crippen LogP contribution in [0.5, 0.6) is 0 Å². The van der Waals surface area contributed by atoms with E-state index in [1.165, 1.54) is 11.9 Å². The lowest BCUT2D eigenvalue weighted by Gasteiger charge is -2.19. The number of nitrogens with one attached hydrogen (secondary N) is 1. The molecule has 0 amide bonds. The monoisotopic (exact) mass is 389 g/mol. The summed E-state index contributed by atoms with van der Waals surface area (Å²) in [6.07, 6.45) is -1.24. The molecule has 1 fully saturated rings. The molecule has 1 N–H and O–H groups in total. The van der Waals surface area contributed by atoms with Crippen molar-refractivity contribution in [2.45, 2.75) is 57.8 Å². The molecule has 3 aromatic rings. The van der Waals surface area contributed by atoms with E-state index in [4.69, 9.17) is 0 Å². The molecule has 0 atom stereocenters. The molecule has 1 aliphatic rings. The summed E-state index contributed by atoms with van der Waals surface area (Å²) < 4.78 is 41.5. The predicted molar refractivity (Wildman–Crippen MR) is 101 cm³/mol. The molecule has 1 saturated carbocycles. The lowest BCUT2D eigenvalue weighted by Crippen LogP contribution is -2.15. The predicted octanol–water partition coefficient (Wildman–Crippen LogP) is 4.77. The van der Waals surface area contributed by atoms with Gasteiger partial charge in [0.25, 0.3) is 0 Å². The van der Waals surface area contributed by atoms with Gasteiger partial charge in [0.1, 0.15) is 5.52 Å². The molecule has 148 valence electrons. The number of fused-ring (bicyclic) bond motifs is 1. The van der Waals surface area contributed by atoms with E-state index in [2.05, 4.69) is 41.0 Å². The maximum atomic E-state index is 13.3. The fourth-order valence-electron chi connectivity index (χ4n) is 3.02. The van der Waals surface area contributed by atoms with Crippen molar-refractivity contribution < 1.29 is 13.2 Å². The number of benzene rings is 1. The fourth-order valence-corrected chi connectivity index (χ4v) is 3.02.